The lowest BCUT2D eigenvalue weighted by Crippen LogP contribution is -2.22. The first-order valence-electron chi connectivity index (χ1n) is 3.94. The number of carbonyl (C=O) groups excluding carboxylic acids is 1. The van der Waals surface area contributed by atoms with Crippen LogP contribution in [0.1, 0.15) is 11.4 Å². The van der Waals surface area contributed by atoms with Gasteiger partial charge in [-0.25, -0.2) is 9.78 Å². The Labute approximate surface area is 74.8 Å². The van der Waals surface area contributed by atoms with E-state index in [1.807, 2.05) is 0 Å². The van der Waals surface area contributed by atoms with E-state index in [9.17, 15) is 4.79 Å². The molecule has 0 saturated carbocycles. The smallest absolute Gasteiger partial charge is 0.352 e. The molecule has 1 N–H and O–H groups in total. The van der Waals surface area contributed by atoms with Crippen molar-refractivity contribution in [2.45, 2.75) is 13.0 Å². The van der Waals surface area contributed by atoms with Gasteiger partial charge >= 0.3 is 5.97 Å². The molecule has 0 atom stereocenters. The molecule has 0 unspecified atom stereocenters. The third-order valence-corrected chi connectivity index (χ3v) is 1.99. The summed E-state index contributed by atoms with van der Waals surface area (Å²) in [7, 11) is 1.35. The van der Waals surface area contributed by atoms with E-state index in [4.69, 9.17) is 0 Å². The number of imidazole rings is 1. The molecule has 1 aromatic rings. The van der Waals surface area contributed by atoms with E-state index < -0.39 is 0 Å². The van der Waals surface area contributed by atoms with Crippen molar-refractivity contribution in [3.8, 4) is 0 Å². The quantitative estimate of drug-likeness (QED) is 0.621. The largest absolute Gasteiger partial charge is 0.465 e. The number of H-pyrrole nitrogens is 1. The molecule has 1 aromatic heterocycles. The molecule has 1 aliphatic heterocycles. The Kier molecular flexibility index (Phi) is 1.84. The molecule has 2 heterocycles. The molecule has 68 valence electrons. The minimum atomic E-state index is -0.367. The van der Waals surface area contributed by atoms with E-state index in [2.05, 4.69) is 19.7 Å². The second-order valence-electron chi connectivity index (χ2n) is 2.76. The molecule has 0 saturated heterocycles. The average molecular weight is 179 g/mol. The van der Waals surface area contributed by atoms with Crippen LogP contribution < -0.4 is 0 Å². The molecular formula is C8H9N3O2. The molecule has 13 heavy (non-hydrogen) atoms. The summed E-state index contributed by atoms with van der Waals surface area (Å²) in [5, 5.41) is 0. The Morgan fingerprint density at radius 3 is 3.31 bits per heavy atom. The van der Waals surface area contributed by atoms with E-state index >= 15 is 0 Å². The number of nitrogens with zero attached hydrogens (tertiary/aromatic N) is 2. The predicted molar refractivity (Wildman–Crippen MR) is 45.4 cm³/mol. The molecule has 1 aliphatic rings. The van der Waals surface area contributed by atoms with Crippen LogP contribution in [0.5, 0.6) is 0 Å². The number of aliphatic imine (C=N–C) groups is 1. The molecule has 0 radical (unpaired) electrons. The first-order chi connectivity index (χ1) is 6.31. The lowest BCUT2D eigenvalue weighted by Gasteiger charge is -2.09. The standard InChI is InChI=1S/C8H9N3O2/c1-13-8(12)6-2-5-7(3-9-6)11-4-10-5/h4H,2-3H2,1H3,(H,10,11). The summed E-state index contributed by atoms with van der Waals surface area (Å²) in [5.74, 6) is -0.367. The number of rotatable bonds is 1. The zero-order valence-electron chi connectivity index (χ0n) is 7.20. The number of fused-ring (bicyclic) bond motifs is 1. The molecular weight excluding hydrogens is 170 g/mol. The number of hydrogen-bond acceptors (Lipinski definition) is 4. The fourth-order valence-electron chi connectivity index (χ4n) is 1.28. The van der Waals surface area contributed by atoms with Crippen molar-refractivity contribution < 1.29 is 9.53 Å². The Morgan fingerprint density at radius 2 is 2.54 bits per heavy atom. The highest BCUT2D eigenvalue weighted by Crippen LogP contribution is 2.12. The maximum Gasteiger partial charge on any atom is 0.352 e. The highest BCUT2D eigenvalue weighted by Gasteiger charge is 2.20. The topological polar surface area (TPSA) is 67.3 Å². The molecule has 0 fully saturated rings. The number of aromatic amines is 1. The Morgan fingerprint density at radius 1 is 1.69 bits per heavy atom. The van der Waals surface area contributed by atoms with E-state index in [0.717, 1.165) is 11.4 Å². The summed E-state index contributed by atoms with van der Waals surface area (Å²) in [5.41, 5.74) is 2.31. The van der Waals surface area contributed by atoms with Gasteiger partial charge in [-0.1, -0.05) is 0 Å². The molecule has 0 spiro atoms. The minimum absolute atomic E-state index is 0.367. The van der Waals surface area contributed by atoms with Crippen LogP contribution in [-0.4, -0.2) is 28.8 Å². The van der Waals surface area contributed by atoms with Crippen molar-refractivity contribution in [2.24, 2.45) is 4.99 Å². The second-order valence-corrected chi connectivity index (χ2v) is 2.76. The second kappa shape index (κ2) is 3.01. The van der Waals surface area contributed by atoms with E-state index in [-0.39, 0.29) is 5.97 Å². The number of nitrogens with one attached hydrogen (secondary N) is 1. The molecule has 0 aliphatic carbocycles. The summed E-state index contributed by atoms with van der Waals surface area (Å²) in [6.45, 7) is 0.486. The summed E-state index contributed by atoms with van der Waals surface area (Å²) in [6, 6.07) is 0. The van der Waals surface area contributed by atoms with Gasteiger partial charge < -0.3 is 9.72 Å². The molecule has 0 bridgehead atoms. The van der Waals surface area contributed by atoms with Gasteiger partial charge in [0, 0.05) is 6.42 Å². The average Bonchev–Trinajstić information content (AvgIpc) is 2.63. The van der Waals surface area contributed by atoms with Crippen LogP contribution in [0.3, 0.4) is 0 Å². The number of aromatic nitrogens is 2. The van der Waals surface area contributed by atoms with Crippen molar-refractivity contribution >= 4 is 11.7 Å². The van der Waals surface area contributed by atoms with Gasteiger partial charge in [-0.2, -0.15) is 0 Å². The predicted octanol–water partition coefficient (Wildman–Crippen LogP) is 0.0798. The van der Waals surface area contributed by atoms with Crippen LogP contribution in [0.4, 0.5) is 0 Å². The molecule has 0 aromatic carbocycles. The van der Waals surface area contributed by atoms with Gasteiger partial charge in [-0.15, -0.1) is 0 Å². The zero-order valence-corrected chi connectivity index (χ0v) is 7.20. The SMILES string of the molecule is COC(=O)C1=NCc2[nH]cnc2C1. The van der Waals surface area contributed by atoms with Gasteiger partial charge in [0.05, 0.1) is 31.4 Å². The molecule has 5 heteroatoms. The summed E-state index contributed by atoms with van der Waals surface area (Å²) in [4.78, 5) is 22.2. The van der Waals surface area contributed by atoms with Crippen LogP contribution >= 0.6 is 0 Å². The van der Waals surface area contributed by atoms with Gasteiger partial charge in [-0.05, 0) is 0 Å². The zero-order chi connectivity index (χ0) is 9.26. The van der Waals surface area contributed by atoms with Crippen LogP contribution in [0.15, 0.2) is 11.3 Å². The highest BCUT2D eigenvalue weighted by molar-refractivity contribution is 6.37. The Bertz CT molecular complexity index is 367. The van der Waals surface area contributed by atoms with Crippen molar-refractivity contribution in [1.29, 1.82) is 0 Å². The third kappa shape index (κ3) is 1.32. The first-order valence-corrected chi connectivity index (χ1v) is 3.94. The fourth-order valence-corrected chi connectivity index (χ4v) is 1.28. The van der Waals surface area contributed by atoms with E-state index in [1.54, 1.807) is 6.33 Å². The molecule has 0 amide bonds. The van der Waals surface area contributed by atoms with Gasteiger partial charge in [0.1, 0.15) is 5.71 Å². The third-order valence-electron chi connectivity index (χ3n) is 1.99. The lowest BCUT2D eigenvalue weighted by atomic mass is 10.1. The Hall–Kier alpha value is -1.65. The van der Waals surface area contributed by atoms with Crippen LogP contribution in [0, 0.1) is 0 Å². The summed E-state index contributed by atoms with van der Waals surface area (Å²) >= 11 is 0. The number of methoxy groups -OCH3 is 1. The number of esters is 1. The van der Waals surface area contributed by atoms with Crippen LogP contribution in [-0.2, 0) is 22.5 Å². The van der Waals surface area contributed by atoms with E-state index in [0.29, 0.717) is 18.7 Å². The summed E-state index contributed by atoms with van der Waals surface area (Å²) < 4.78 is 4.57. The lowest BCUT2D eigenvalue weighted by molar-refractivity contribution is -0.132. The monoisotopic (exact) mass is 179 g/mol. The van der Waals surface area contributed by atoms with Crippen molar-refractivity contribution in [3.63, 3.8) is 0 Å². The van der Waals surface area contributed by atoms with Crippen molar-refractivity contribution in [3.05, 3.63) is 17.7 Å². The number of carbonyl (C=O) groups is 1. The molecule has 5 nitrogen and oxygen atoms in total. The maximum absolute atomic E-state index is 11.1. The van der Waals surface area contributed by atoms with Crippen molar-refractivity contribution in [2.75, 3.05) is 7.11 Å². The highest BCUT2D eigenvalue weighted by atomic mass is 16.5. The minimum Gasteiger partial charge on any atom is -0.465 e. The van der Waals surface area contributed by atoms with Crippen LogP contribution in [0.2, 0.25) is 0 Å². The molecule has 2 rings (SSSR count). The maximum atomic E-state index is 11.1. The van der Waals surface area contributed by atoms with Crippen molar-refractivity contribution in [1.82, 2.24) is 9.97 Å². The Balaban J connectivity index is 2.21. The van der Waals surface area contributed by atoms with Gasteiger partial charge in [0.25, 0.3) is 0 Å². The number of ether oxygens (including phenoxy) is 1. The first kappa shape index (κ1) is 7.97. The van der Waals surface area contributed by atoms with Gasteiger partial charge in [0.15, 0.2) is 0 Å². The van der Waals surface area contributed by atoms with Crippen LogP contribution in [0.25, 0.3) is 0 Å². The van der Waals surface area contributed by atoms with Gasteiger partial charge in [0.2, 0.25) is 0 Å². The normalized spacial score (nSPS) is 14.7. The number of hydrogen-bond donors (Lipinski definition) is 1. The summed E-state index contributed by atoms with van der Waals surface area (Å²) in [6.07, 6.45) is 2.08. The van der Waals surface area contributed by atoms with E-state index in [1.165, 1.54) is 7.11 Å². The fraction of sp³-hybridized carbons (Fsp3) is 0.375. The van der Waals surface area contributed by atoms with Gasteiger partial charge in [-0.3, -0.25) is 4.99 Å².